The largest absolute Gasteiger partial charge is 0.466 e. The average Bonchev–Trinajstić information content (AvgIpc) is 2.84. The van der Waals surface area contributed by atoms with Gasteiger partial charge in [0.25, 0.3) is 0 Å². The predicted molar refractivity (Wildman–Crippen MR) is 52.8 cm³/mol. The molecule has 0 atom stereocenters. The zero-order chi connectivity index (χ0) is 9.10. The number of aryl methyl sites for hydroxylation is 1. The molecule has 1 aromatic heterocycles. The molecule has 0 aliphatic heterocycles. The molecule has 0 radical (unpaired) electrons. The van der Waals surface area contributed by atoms with Crippen molar-refractivity contribution in [3.05, 3.63) is 23.7 Å². The van der Waals surface area contributed by atoms with E-state index in [1.165, 1.54) is 12.8 Å². The van der Waals surface area contributed by atoms with Crippen LogP contribution in [0.1, 0.15) is 31.3 Å². The second-order valence-corrected chi connectivity index (χ2v) is 3.70. The van der Waals surface area contributed by atoms with Crippen LogP contribution in [0.25, 0.3) is 0 Å². The first-order valence-electron chi connectivity index (χ1n) is 5.19. The Bertz CT molecular complexity index is 263. The first-order chi connectivity index (χ1) is 6.38. The van der Waals surface area contributed by atoms with Crippen molar-refractivity contribution < 1.29 is 4.42 Å². The Hall–Kier alpha value is -0.760. The summed E-state index contributed by atoms with van der Waals surface area (Å²) in [4.78, 5) is 0. The van der Waals surface area contributed by atoms with E-state index >= 15 is 0 Å². The first kappa shape index (κ1) is 8.82. The minimum Gasteiger partial charge on any atom is -0.466 e. The highest BCUT2D eigenvalue weighted by Crippen LogP contribution is 2.18. The van der Waals surface area contributed by atoms with E-state index in [9.17, 15) is 0 Å². The van der Waals surface area contributed by atoms with Gasteiger partial charge in [-0.3, -0.25) is 0 Å². The van der Waals surface area contributed by atoms with Crippen LogP contribution in [0.5, 0.6) is 0 Å². The van der Waals surface area contributed by atoms with Crippen molar-refractivity contribution in [3.63, 3.8) is 0 Å². The summed E-state index contributed by atoms with van der Waals surface area (Å²) in [5.74, 6) is 2.21. The van der Waals surface area contributed by atoms with E-state index in [1.807, 2.05) is 0 Å². The van der Waals surface area contributed by atoms with Crippen LogP contribution in [0, 0.1) is 0 Å². The maximum Gasteiger partial charge on any atom is 0.105 e. The third-order valence-corrected chi connectivity index (χ3v) is 2.45. The van der Waals surface area contributed by atoms with E-state index in [1.54, 1.807) is 0 Å². The van der Waals surface area contributed by atoms with Crippen LogP contribution >= 0.6 is 0 Å². The molecule has 1 aliphatic rings. The van der Waals surface area contributed by atoms with Gasteiger partial charge in [0.2, 0.25) is 0 Å². The minimum absolute atomic E-state index is 0.806. The quantitative estimate of drug-likeness (QED) is 0.749. The van der Waals surface area contributed by atoms with Gasteiger partial charge in [0, 0.05) is 25.4 Å². The summed E-state index contributed by atoms with van der Waals surface area (Å²) in [5, 5.41) is 3.47. The van der Waals surface area contributed by atoms with Crippen molar-refractivity contribution in [2.45, 2.75) is 38.6 Å². The van der Waals surface area contributed by atoms with Gasteiger partial charge in [0.1, 0.15) is 11.5 Å². The van der Waals surface area contributed by atoms with Crippen LogP contribution in [-0.2, 0) is 12.8 Å². The van der Waals surface area contributed by atoms with Gasteiger partial charge in [-0.15, -0.1) is 0 Å². The highest BCUT2D eigenvalue weighted by molar-refractivity contribution is 5.07. The van der Waals surface area contributed by atoms with Crippen LogP contribution in [0.15, 0.2) is 16.5 Å². The lowest BCUT2D eigenvalue weighted by molar-refractivity contribution is 0.462. The summed E-state index contributed by atoms with van der Waals surface area (Å²) in [6.07, 6.45) is 4.74. The molecule has 0 aromatic carbocycles. The van der Waals surface area contributed by atoms with Gasteiger partial charge in [0.05, 0.1) is 0 Å². The molecule has 0 spiro atoms. The smallest absolute Gasteiger partial charge is 0.105 e. The average molecular weight is 179 g/mol. The molecule has 0 bridgehead atoms. The first-order valence-corrected chi connectivity index (χ1v) is 5.19. The summed E-state index contributed by atoms with van der Waals surface area (Å²) < 4.78 is 5.60. The van der Waals surface area contributed by atoms with Gasteiger partial charge in [-0.25, -0.2) is 0 Å². The predicted octanol–water partition coefficient (Wildman–Crippen LogP) is 2.14. The Balaban J connectivity index is 1.72. The maximum absolute atomic E-state index is 5.60. The topological polar surface area (TPSA) is 25.2 Å². The molecule has 2 heteroatoms. The van der Waals surface area contributed by atoms with Crippen molar-refractivity contribution in [3.8, 4) is 0 Å². The van der Waals surface area contributed by atoms with E-state index in [0.717, 1.165) is 36.9 Å². The maximum atomic E-state index is 5.60. The van der Waals surface area contributed by atoms with E-state index in [0.29, 0.717) is 0 Å². The van der Waals surface area contributed by atoms with Crippen molar-refractivity contribution in [1.82, 2.24) is 5.32 Å². The fourth-order valence-electron chi connectivity index (χ4n) is 1.43. The molecule has 1 fully saturated rings. The Morgan fingerprint density at radius 2 is 2.15 bits per heavy atom. The highest BCUT2D eigenvalue weighted by Gasteiger charge is 2.19. The van der Waals surface area contributed by atoms with Crippen molar-refractivity contribution >= 4 is 0 Å². The van der Waals surface area contributed by atoms with Gasteiger partial charge < -0.3 is 9.73 Å². The number of hydrogen-bond donors (Lipinski definition) is 1. The Morgan fingerprint density at radius 1 is 1.38 bits per heavy atom. The molecule has 72 valence electrons. The molecular formula is C11H17NO. The fraction of sp³-hybridized carbons (Fsp3) is 0.636. The van der Waals surface area contributed by atoms with Crippen molar-refractivity contribution in [2.24, 2.45) is 0 Å². The molecule has 1 N–H and O–H groups in total. The number of furan rings is 1. The van der Waals surface area contributed by atoms with Crippen LogP contribution in [0.4, 0.5) is 0 Å². The SMILES string of the molecule is CCc1ccc(CCNC2CC2)o1. The molecular weight excluding hydrogens is 162 g/mol. The van der Waals surface area contributed by atoms with Crippen molar-refractivity contribution in [2.75, 3.05) is 6.54 Å². The Morgan fingerprint density at radius 3 is 2.77 bits per heavy atom. The molecule has 0 amide bonds. The molecule has 2 nitrogen and oxygen atoms in total. The van der Waals surface area contributed by atoms with Gasteiger partial charge in [0.15, 0.2) is 0 Å². The van der Waals surface area contributed by atoms with Crippen LogP contribution in [0.2, 0.25) is 0 Å². The summed E-state index contributed by atoms with van der Waals surface area (Å²) in [6, 6.07) is 4.97. The molecule has 1 saturated carbocycles. The van der Waals surface area contributed by atoms with Crippen LogP contribution in [-0.4, -0.2) is 12.6 Å². The Labute approximate surface area is 79.3 Å². The van der Waals surface area contributed by atoms with Gasteiger partial charge in [-0.1, -0.05) is 6.92 Å². The molecule has 0 saturated heterocycles. The minimum atomic E-state index is 0.806. The number of nitrogens with one attached hydrogen (secondary N) is 1. The molecule has 13 heavy (non-hydrogen) atoms. The fourth-order valence-corrected chi connectivity index (χ4v) is 1.43. The third kappa shape index (κ3) is 2.59. The monoisotopic (exact) mass is 179 g/mol. The van der Waals surface area contributed by atoms with E-state index in [4.69, 9.17) is 4.42 Å². The number of hydrogen-bond acceptors (Lipinski definition) is 2. The summed E-state index contributed by atoms with van der Waals surface area (Å²) >= 11 is 0. The van der Waals surface area contributed by atoms with Gasteiger partial charge >= 0.3 is 0 Å². The normalized spacial score (nSPS) is 16.4. The second-order valence-electron chi connectivity index (χ2n) is 3.70. The highest BCUT2D eigenvalue weighted by atomic mass is 16.3. The molecule has 1 aliphatic carbocycles. The molecule has 0 unspecified atom stereocenters. The summed E-state index contributed by atoms with van der Waals surface area (Å²) in [6.45, 7) is 3.17. The standard InChI is InChI=1S/C11H17NO/c1-2-10-5-6-11(13-10)7-8-12-9-3-4-9/h5-6,9,12H,2-4,7-8H2,1H3. The van der Waals surface area contributed by atoms with E-state index in [-0.39, 0.29) is 0 Å². The summed E-state index contributed by atoms with van der Waals surface area (Å²) in [7, 11) is 0. The van der Waals surface area contributed by atoms with Gasteiger partial charge in [-0.05, 0) is 25.0 Å². The lowest BCUT2D eigenvalue weighted by atomic mass is 10.3. The second kappa shape index (κ2) is 3.97. The zero-order valence-corrected chi connectivity index (χ0v) is 8.18. The van der Waals surface area contributed by atoms with Gasteiger partial charge in [-0.2, -0.15) is 0 Å². The zero-order valence-electron chi connectivity index (χ0n) is 8.18. The molecule has 2 rings (SSSR count). The third-order valence-electron chi connectivity index (χ3n) is 2.45. The number of rotatable bonds is 5. The molecule has 1 heterocycles. The van der Waals surface area contributed by atoms with E-state index < -0.39 is 0 Å². The lowest BCUT2D eigenvalue weighted by Gasteiger charge is -1.99. The summed E-state index contributed by atoms with van der Waals surface area (Å²) in [5.41, 5.74) is 0. The van der Waals surface area contributed by atoms with E-state index in [2.05, 4.69) is 24.4 Å². The van der Waals surface area contributed by atoms with Crippen molar-refractivity contribution in [1.29, 1.82) is 0 Å². The lowest BCUT2D eigenvalue weighted by Crippen LogP contribution is -2.18. The Kier molecular flexibility index (Phi) is 2.69. The van der Waals surface area contributed by atoms with Crippen LogP contribution in [0.3, 0.4) is 0 Å². The van der Waals surface area contributed by atoms with Crippen LogP contribution < -0.4 is 5.32 Å². The molecule has 1 aromatic rings.